The molecule has 0 aromatic heterocycles. The van der Waals surface area contributed by atoms with Crippen molar-refractivity contribution in [1.29, 1.82) is 5.26 Å². The van der Waals surface area contributed by atoms with Gasteiger partial charge in [0.05, 0.1) is 6.07 Å². The van der Waals surface area contributed by atoms with Gasteiger partial charge in [0.15, 0.2) is 6.10 Å². The van der Waals surface area contributed by atoms with Gasteiger partial charge in [-0.25, -0.2) is 4.79 Å². The summed E-state index contributed by atoms with van der Waals surface area (Å²) >= 11 is 5.73. The smallest absolute Gasteiger partial charge is 0.342 e. The summed E-state index contributed by atoms with van der Waals surface area (Å²) in [6.45, 7) is 1.46. The Labute approximate surface area is 151 Å². The highest BCUT2D eigenvalue weighted by molar-refractivity contribution is 6.30. The van der Waals surface area contributed by atoms with Crippen LogP contribution in [0.2, 0.25) is 5.02 Å². The van der Waals surface area contributed by atoms with Crippen LogP contribution in [0.4, 0.5) is 0 Å². The summed E-state index contributed by atoms with van der Waals surface area (Å²) in [5.74, 6) is -1.57. The van der Waals surface area contributed by atoms with Gasteiger partial charge in [-0.3, -0.25) is 4.79 Å². The summed E-state index contributed by atoms with van der Waals surface area (Å²) in [4.78, 5) is 26.2. The minimum absolute atomic E-state index is 0.0700. The van der Waals surface area contributed by atoms with Crippen molar-refractivity contribution < 1.29 is 19.4 Å². The molecule has 1 fully saturated rings. The van der Waals surface area contributed by atoms with Crippen LogP contribution in [0, 0.1) is 11.3 Å². The number of benzene rings is 1. The van der Waals surface area contributed by atoms with Gasteiger partial charge < -0.3 is 14.7 Å². The molecule has 6 nitrogen and oxygen atoms in total. The van der Waals surface area contributed by atoms with E-state index in [0.29, 0.717) is 12.8 Å². The molecule has 7 heteroatoms. The second kappa shape index (κ2) is 7.75. The lowest BCUT2D eigenvalue weighted by Crippen LogP contribution is -2.53. The van der Waals surface area contributed by atoms with Gasteiger partial charge in [0, 0.05) is 12.1 Å². The van der Waals surface area contributed by atoms with Crippen molar-refractivity contribution in [1.82, 2.24) is 4.90 Å². The first-order valence-electron chi connectivity index (χ1n) is 8.19. The summed E-state index contributed by atoms with van der Waals surface area (Å²) in [5.41, 5.74) is -0.919. The second-order valence-corrected chi connectivity index (χ2v) is 6.75. The van der Waals surface area contributed by atoms with Gasteiger partial charge in [-0.05, 0) is 38.0 Å². The first-order chi connectivity index (χ1) is 11.8. The van der Waals surface area contributed by atoms with E-state index in [2.05, 4.69) is 6.07 Å². The number of halogens is 1. The highest BCUT2D eigenvalue weighted by Crippen LogP contribution is 2.33. The Morgan fingerprint density at radius 3 is 2.56 bits per heavy atom. The Hall–Kier alpha value is -2.26. The molecule has 0 unspecified atom stereocenters. The summed E-state index contributed by atoms with van der Waals surface area (Å²) in [5, 5.41) is 19.6. The molecule has 25 heavy (non-hydrogen) atoms. The Kier molecular flexibility index (Phi) is 5.91. The van der Waals surface area contributed by atoms with Gasteiger partial charge in [0.2, 0.25) is 0 Å². The Morgan fingerprint density at radius 2 is 2.00 bits per heavy atom. The zero-order valence-electron chi connectivity index (χ0n) is 14.3. The van der Waals surface area contributed by atoms with Crippen LogP contribution < -0.4 is 0 Å². The van der Waals surface area contributed by atoms with E-state index in [1.807, 2.05) is 0 Å². The number of hydrogen-bond donors (Lipinski definition) is 1. The van der Waals surface area contributed by atoms with Crippen LogP contribution in [0.15, 0.2) is 18.2 Å². The van der Waals surface area contributed by atoms with Crippen LogP contribution in [0.1, 0.15) is 49.4 Å². The van der Waals surface area contributed by atoms with Crippen molar-refractivity contribution >= 4 is 23.5 Å². The van der Waals surface area contributed by atoms with Gasteiger partial charge in [-0.15, -0.1) is 0 Å². The normalized spacial score (nSPS) is 17.2. The molecular formula is C18H21ClN2O4. The molecule has 1 atom stereocenters. The van der Waals surface area contributed by atoms with Crippen molar-refractivity contribution in [2.75, 3.05) is 7.05 Å². The summed E-state index contributed by atoms with van der Waals surface area (Å²) < 4.78 is 5.18. The summed E-state index contributed by atoms with van der Waals surface area (Å²) in [6.07, 6.45) is 2.98. The number of phenols is 1. The van der Waals surface area contributed by atoms with E-state index >= 15 is 0 Å². The largest absolute Gasteiger partial charge is 0.507 e. The fraction of sp³-hybridized carbons (Fsp3) is 0.500. The minimum atomic E-state index is -1.07. The van der Waals surface area contributed by atoms with Crippen LogP contribution in [0.5, 0.6) is 5.75 Å². The number of rotatable bonds is 4. The zero-order valence-corrected chi connectivity index (χ0v) is 15.0. The molecule has 1 saturated carbocycles. The molecule has 0 aliphatic heterocycles. The van der Waals surface area contributed by atoms with Crippen molar-refractivity contribution in [2.45, 2.75) is 50.7 Å². The zero-order chi connectivity index (χ0) is 18.6. The molecule has 1 N–H and O–H groups in total. The molecule has 0 spiro atoms. The van der Waals surface area contributed by atoms with Gasteiger partial charge in [-0.1, -0.05) is 30.9 Å². The van der Waals surface area contributed by atoms with Gasteiger partial charge in [0.25, 0.3) is 5.91 Å². The number of aromatic hydroxyl groups is 1. The van der Waals surface area contributed by atoms with E-state index < -0.39 is 23.5 Å². The number of ether oxygens (including phenoxy) is 1. The predicted octanol–water partition coefficient (Wildman–Crippen LogP) is 3.28. The van der Waals surface area contributed by atoms with Gasteiger partial charge in [-0.2, -0.15) is 5.26 Å². The highest BCUT2D eigenvalue weighted by Gasteiger charge is 2.40. The number of phenolic OH excluding ortho intramolecular Hbond substituents is 1. The number of nitriles is 1. The molecule has 0 radical (unpaired) electrons. The van der Waals surface area contributed by atoms with E-state index in [0.717, 1.165) is 19.3 Å². The number of nitrogens with zero attached hydrogens (tertiary/aromatic N) is 2. The number of hydrogen-bond acceptors (Lipinski definition) is 5. The first-order valence-corrected chi connectivity index (χ1v) is 8.57. The van der Waals surface area contributed by atoms with Crippen LogP contribution in [0.25, 0.3) is 0 Å². The lowest BCUT2D eigenvalue weighted by atomic mass is 9.81. The maximum atomic E-state index is 12.6. The molecular weight excluding hydrogens is 344 g/mol. The minimum Gasteiger partial charge on any atom is -0.507 e. The topological polar surface area (TPSA) is 90.6 Å². The number of esters is 1. The van der Waals surface area contributed by atoms with E-state index in [1.165, 1.54) is 30.0 Å². The second-order valence-electron chi connectivity index (χ2n) is 6.31. The van der Waals surface area contributed by atoms with E-state index in [1.54, 1.807) is 7.05 Å². The average Bonchev–Trinajstić information content (AvgIpc) is 2.60. The molecule has 1 aromatic rings. The maximum absolute atomic E-state index is 12.6. The lowest BCUT2D eigenvalue weighted by molar-refractivity contribution is -0.143. The fourth-order valence-corrected chi connectivity index (χ4v) is 3.26. The number of carbonyl (C=O) groups is 2. The molecule has 0 heterocycles. The monoisotopic (exact) mass is 364 g/mol. The third kappa shape index (κ3) is 4.05. The van der Waals surface area contributed by atoms with E-state index in [9.17, 15) is 20.0 Å². The molecule has 1 aliphatic carbocycles. The van der Waals surface area contributed by atoms with Crippen molar-refractivity contribution in [2.24, 2.45) is 0 Å². The van der Waals surface area contributed by atoms with Crippen molar-refractivity contribution in [3.8, 4) is 11.8 Å². The number of likely N-dealkylation sites (N-methyl/N-ethyl adjacent to an activating group) is 1. The standard InChI is InChI=1S/C18H21ClN2O4/c1-12(25-17(24)14-7-6-13(19)10-15(14)22)16(23)21(2)18(11-20)8-4-3-5-9-18/h6-7,10,12,22H,3-5,8-9H2,1-2H3/t12-/m0/s1. The van der Waals surface area contributed by atoms with Crippen LogP contribution >= 0.6 is 11.6 Å². The Balaban J connectivity index is 2.09. The molecule has 1 aliphatic rings. The summed E-state index contributed by atoms with van der Waals surface area (Å²) in [7, 11) is 1.57. The molecule has 1 aromatic carbocycles. The van der Waals surface area contributed by atoms with Gasteiger partial charge in [0.1, 0.15) is 16.9 Å². The Morgan fingerprint density at radius 1 is 1.36 bits per heavy atom. The molecule has 134 valence electrons. The number of amides is 1. The predicted molar refractivity (Wildman–Crippen MR) is 92.2 cm³/mol. The molecule has 0 bridgehead atoms. The maximum Gasteiger partial charge on any atom is 0.342 e. The Bertz CT molecular complexity index is 708. The molecule has 2 rings (SSSR count). The van der Waals surface area contributed by atoms with E-state index in [4.69, 9.17) is 16.3 Å². The molecule has 1 amide bonds. The van der Waals surface area contributed by atoms with Crippen LogP contribution in [0.3, 0.4) is 0 Å². The SMILES string of the molecule is C[C@H](OC(=O)c1ccc(Cl)cc1O)C(=O)N(C)C1(C#N)CCCCC1. The highest BCUT2D eigenvalue weighted by atomic mass is 35.5. The third-order valence-electron chi connectivity index (χ3n) is 4.67. The van der Waals surface area contributed by atoms with Crippen molar-refractivity contribution in [3.05, 3.63) is 28.8 Å². The average molecular weight is 365 g/mol. The lowest BCUT2D eigenvalue weighted by Gasteiger charge is -2.39. The fourth-order valence-electron chi connectivity index (χ4n) is 3.09. The van der Waals surface area contributed by atoms with Crippen LogP contribution in [-0.2, 0) is 9.53 Å². The van der Waals surface area contributed by atoms with Crippen molar-refractivity contribution in [3.63, 3.8) is 0 Å². The summed E-state index contributed by atoms with van der Waals surface area (Å²) in [6, 6.07) is 6.27. The molecule has 0 saturated heterocycles. The third-order valence-corrected chi connectivity index (χ3v) is 4.91. The van der Waals surface area contributed by atoms with E-state index in [-0.39, 0.29) is 16.3 Å². The van der Waals surface area contributed by atoms with Gasteiger partial charge >= 0.3 is 5.97 Å². The van der Waals surface area contributed by atoms with Crippen LogP contribution in [-0.4, -0.2) is 40.6 Å². The number of carbonyl (C=O) groups excluding carboxylic acids is 2. The first kappa shape index (κ1) is 19.1. The quantitative estimate of drug-likeness (QED) is 0.828.